The highest BCUT2D eigenvalue weighted by Crippen LogP contribution is 2.31. The number of nitrogens with one attached hydrogen (secondary N) is 2. The fourth-order valence-corrected chi connectivity index (χ4v) is 4.30. The van der Waals surface area contributed by atoms with E-state index < -0.39 is 11.8 Å². The maximum absolute atomic E-state index is 12.5. The zero-order valence-electron chi connectivity index (χ0n) is 18.6. The number of anilines is 2. The van der Waals surface area contributed by atoms with E-state index in [0.29, 0.717) is 31.2 Å². The molecular weight excluding hydrogens is 408 g/mol. The van der Waals surface area contributed by atoms with Crippen molar-refractivity contribution in [3.63, 3.8) is 0 Å². The molecule has 2 aliphatic rings. The van der Waals surface area contributed by atoms with Gasteiger partial charge in [-0.05, 0) is 35.7 Å². The summed E-state index contributed by atoms with van der Waals surface area (Å²) in [5.41, 5.74) is 4.24. The van der Waals surface area contributed by atoms with Crippen molar-refractivity contribution in [3.05, 3.63) is 53.6 Å². The summed E-state index contributed by atoms with van der Waals surface area (Å²) in [6.07, 6.45) is 1.02. The summed E-state index contributed by atoms with van der Waals surface area (Å²) in [7, 11) is 3.66. The molecule has 1 fully saturated rings. The number of carbonyl (C=O) groups excluding carboxylic acids is 2. The molecule has 2 heterocycles. The first kappa shape index (κ1) is 22.1. The fraction of sp³-hybridized carbons (Fsp3) is 0.417. The first-order chi connectivity index (χ1) is 15.5. The van der Waals surface area contributed by atoms with Crippen LogP contribution in [0, 0.1) is 0 Å². The molecular formula is C24H30N4O4. The van der Waals surface area contributed by atoms with Crippen LogP contribution in [0.15, 0.2) is 42.5 Å². The number of amides is 2. The van der Waals surface area contributed by atoms with Gasteiger partial charge in [0.05, 0.1) is 26.4 Å². The average Bonchev–Trinajstić information content (AvgIpc) is 3.20. The molecule has 4 rings (SSSR count). The molecule has 1 saturated heterocycles. The van der Waals surface area contributed by atoms with Crippen LogP contribution in [0.2, 0.25) is 0 Å². The van der Waals surface area contributed by atoms with Crippen molar-refractivity contribution in [3.8, 4) is 5.75 Å². The van der Waals surface area contributed by atoms with Gasteiger partial charge in [0.25, 0.3) is 0 Å². The van der Waals surface area contributed by atoms with Crippen LogP contribution in [0.25, 0.3) is 0 Å². The standard InChI is InChI=1S/C24H30N4O4/c1-27-9-8-18-14-17(6-7-21(18)27)22(28-10-12-32-13-11-28)16-25-23(29)24(30)26-19-4-3-5-20(15-19)31-2/h3-7,14-15,22H,8-13,16H2,1-2H3,(H,25,29)(H,26,30)/t22-/m1/s1. The van der Waals surface area contributed by atoms with Crippen molar-refractivity contribution in [2.45, 2.75) is 12.5 Å². The van der Waals surface area contributed by atoms with Gasteiger partial charge in [-0.25, -0.2) is 0 Å². The van der Waals surface area contributed by atoms with Crippen LogP contribution in [-0.2, 0) is 20.7 Å². The Morgan fingerprint density at radius 1 is 1.09 bits per heavy atom. The second kappa shape index (κ2) is 10.0. The summed E-state index contributed by atoms with van der Waals surface area (Å²) in [4.78, 5) is 29.5. The summed E-state index contributed by atoms with van der Waals surface area (Å²) in [5.74, 6) is -0.751. The molecule has 2 aromatic carbocycles. The van der Waals surface area contributed by atoms with E-state index in [4.69, 9.17) is 9.47 Å². The molecule has 0 saturated carbocycles. The molecule has 2 amide bonds. The topological polar surface area (TPSA) is 83.1 Å². The van der Waals surface area contributed by atoms with Gasteiger partial charge in [-0.15, -0.1) is 0 Å². The lowest BCUT2D eigenvalue weighted by molar-refractivity contribution is -0.136. The number of hydrogen-bond acceptors (Lipinski definition) is 6. The number of nitrogens with zero attached hydrogens (tertiary/aromatic N) is 2. The van der Waals surface area contributed by atoms with Crippen molar-refractivity contribution in [2.24, 2.45) is 0 Å². The Morgan fingerprint density at radius 3 is 2.69 bits per heavy atom. The normalized spacial score (nSPS) is 16.9. The molecule has 0 aromatic heterocycles. The molecule has 0 bridgehead atoms. The third kappa shape index (κ3) is 5.03. The minimum Gasteiger partial charge on any atom is -0.497 e. The van der Waals surface area contributed by atoms with Gasteiger partial charge in [-0.3, -0.25) is 14.5 Å². The summed E-state index contributed by atoms with van der Waals surface area (Å²) < 4.78 is 10.7. The number of hydrogen-bond donors (Lipinski definition) is 2. The van der Waals surface area contributed by atoms with Crippen LogP contribution in [0.4, 0.5) is 11.4 Å². The molecule has 2 N–H and O–H groups in total. The first-order valence-corrected chi connectivity index (χ1v) is 10.9. The zero-order valence-corrected chi connectivity index (χ0v) is 18.6. The number of methoxy groups -OCH3 is 1. The Labute approximate surface area is 188 Å². The van der Waals surface area contributed by atoms with Crippen LogP contribution < -0.4 is 20.3 Å². The molecule has 32 heavy (non-hydrogen) atoms. The second-order valence-electron chi connectivity index (χ2n) is 8.12. The number of fused-ring (bicyclic) bond motifs is 1. The zero-order chi connectivity index (χ0) is 22.5. The van der Waals surface area contributed by atoms with E-state index in [9.17, 15) is 9.59 Å². The van der Waals surface area contributed by atoms with Crippen molar-refractivity contribution >= 4 is 23.2 Å². The molecule has 0 radical (unpaired) electrons. The summed E-state index contributed by atoms with van der Waals surface area (Å²) in [6, 6.07) is 13.4. The van der Waals surface area contributed by atoms with E-state index >= 15 is 0 Å². The quantitative estimate of drug-likeness (QED) is 0.670. The summed E-state index contributed by atoms with van der Waals surface area (Å²) >= 11 is 0. The molecule has 0 aliphatic carbocycles. The fourth-order valence-electron chi connectivity index (χ4n) is 4.30. The number of rotatable bonds is 6. The predicted octanol–water partition coefficient (Wildman–Crippen LogP) is 1.82. The molecule has 0 spiro atoms. The number of carbonyl (C=O) groups is 2. The minimum atomic E-state index is -0.699. The van der Waals surface area contributed by atoms with E-state index in [2.05, 4.69) is 45.7 Å². The average molecular weight is 439 g/mol. The molecule has 8 nitrogen and oxygen atoms in total. The molecule has 8 heteroatoms. The Bertz CT molecular complexity index is 974. The largest absolute Gasteiger partial charge is 0.497 e. The number of morpholine rings is 1. The van der Waals surface area contributed by atoms with Gasteiger partial charge in [0, 0.05) is 50.7 Å². The van der Waals surface area contributed by atoms with Crippen LogP contribution in [0.5, 0.6) is 5.75 Å². The van der Waals surface area contributed by atoms with Crippen molar-refractivity contribution < 1.29 is 19.1 Å². The second-order valence-corrected chi connectivity index (χ2v) is 8.12. The molecule has 2 aromatic rings. The van der Waals surface area contributed by atoms with Crippen molar-refractivity contribution in [1.29, 1.82) is 0 Å². The first-order valence-electron chi connectivity index (χ1n) is 10.9. The Hall–Kier alpha value is -3.10. The third-order valence-corrected chi connectivity index (χ3v) is 6.09. The van der Waals surface area contributed by atoms with Gasteiger partial charge in [-0.2, -0.15) is 0 Å². The van der Waals surface area contributed by atoms with Gasteiger partial charge in [0.15, 0.2) is 0 Å². The molecule has 1 atom stereocenters. The summed E-state index contributed by atoms with van der Waals surface area (Å²) in [6.45, 7) is 4.26. The van der Waals surface area contributed by atoms with E-state index in [-0.39, 0.29) is 6.04 Å². The lowest BCUT2D eigenvalue weighted by Gasteiger charge is -2.35. The van der Waals surface area contributed by atoms with Crippen LogP contribution in [0.3, 0.4) is 0 Å². The lowest BCUT2D eigenvalue weighted by Crippen LogP contribution is -2.45. The highest BCUT2D eigenvalue weighted by Gasteiger charge is 2.26. The maximum Gasteiger partial charge on any atom is 0.313 e. The van der Waals surface area contributed by atoms with Crippen LogP contribution >= 0.6 is 0 Å². The molecule has 2 aliphatic heterocycles. The van der Waals surface area contributed by atoms with E-state index in [1.165, 1.54) is 11.3 Å². The SMILES string of the molecule is COc1cccc(NC(=O)C(=O)NC[C@H](c2ccc3c(c2)CCN3C)N2CCOCC2)c1. The van der Waals surface area contributed by atoms with Gasteiger partial charge in [0.1, 0.15) is 5.75 Å². The highest BCUT2D eigenvalue weighted by atomic mass is 16.5. The van der Waals surface area contributed by atoms with Crippen molar-refractivity contribution in [2.75, 3.05) is 63.8 Å². The van der Waals surface area contributed by atoms with E-state index in [1.54, 1.807) is 31.4 Å². The van der Waals surface area contributed by atoms with E-state index in [1.807, 2.05) is 0 Å². The van der Waals surface area contributed by atoms with E-state index in [0.717, 1.165) is 31.6 Å². The van der Waals surface area contributed by atoms with Crippen LogP contribution in [-0.4, -0.2) is 70.3 Å². The lowest BCUT2D eigenvalue weighted by atomic mass is 10.0. The van der Waals surface area contributed by atoms with Crippen molar-refractivity contribution in [1.82, 2.24) is 10.2 Å². The number of benzene rings is 2. The summed E-state index contributed by atoms with van der Waals surface area (Å²) in [5, 5.41) is 5.46. The Morgan fingerprint density at radius 2 is 1.91 bits per heavy atom. The van der Waals surface area contributed by atoms with Gasteiger partial charge in [0.2, 0.25) is 0 Å². The van der Waals surface area contributed by atoms with Gasteiger partial charge in [-0.1, -0.05) is 18.2 Å². The third-order valence-electron chi connectivity index (χ3n) is 6.09. The highest BCUT2D eigenvalue weighted by molar-refractivity contribution is 6.39. The number of likely N-dealkylation sites (N-methyl/N-ethyl adjacent to an activating group) is 1. The van der Waals surface area contributed by atoms with Gasteiger partial charge < -0.3 is 25.0 Å². The molecule has 170 valence electrons. The Balaban J connectivity index is 1.44. The predicted molar refractivity (Wildman–Crippen MR) is 123 cm³/mol. The maximum atomic E-state index is 12.5. The molecule has 0 unspecified atom stereocenters. The smallest absolute Gasteiger partial charge is 0.313 e. The van der Waals surface area contributed by atoms with Gasteiger partial charge >= 0.3 is 11.8 Å². The minimum absolute atomic E-state index is 0.0244. The monoisotopic (exact) mass is 438 g/mol. The van der Waals surface area contributed by atoms with Crippen LogP contribution in [0.1, 0.15) is 17.2 Å². The Kier molecular flexibility index (Phi) is 6.92. The number of ether oxygens (including phenoxy) is 2.